The highest BCUT2D eigenvalue weighted by molar-refractivity contribution is 5.87. The maximum Gasteiger partial charge on any atom is 0.257 e. The number of piperidine rings is 1. The number of carbonyl (C=O) groups excluding carboxylic acids is 1. The van der Waals surface area contributed by atoms with Gasteiger partial charge in [-0.3, -0.25) is 4.79 Å². The Bertz CT molecular complexity index is 974. The molecule has 4 atom stereocenters. The van der Waals surface area contributed by atoms with E-state index in [0.717, 1.165) is 18.7 Å². The highest BCUT2D eigenvalue weighted by Crippen LogP contribution is 2.47. The molecule has 2 aliphatic rings. The first-order chi connectivity index (χ1) is 15.7. The molecule has 1 aliphatic heterocycles. The van der Waals surface area contributed by atoms with Crippen LogP contribution in [0.3, 0.4) is 0 Å². The molecule has 1 saturated carbocycles. The summed E-state index contributed by atoms with van der Waals surface area (Å²) in [5.41, 5.74) is 5.06. The van der Waals surface area contributed by atoms with Gasteiger partial charge in [-0.2, -0.15) is 0 Å². The topological polar surface area (TPSA) is 91.5 Å². The summed E-state index contributed by atoms with van der Waals surface area (Å²) in [6.45, 7) is 0.767. The van der Waals surface area contributed by atoms with Crippen molar-refractivity contribution in [2.75, 3.05) is 19.3 Å². The SMILES string of the molecule is CN1CC[C@@H](NC(=O)[C@](O)(c2ccccc2)[C@@H]2CCC(F)(F)C2)C[C@@H]1Cc1cccc(N)n1. The largest absolute Gasteiger partial charge is 0.384 e. The Morgan fingerprint density at radius 1 is 1.24 bits per heavy atom. The number of anilines is 1. The van der Waals surface area contributed by atoms with E-state index in [0.29, 0.717) is 24.2 Å². The van der Waals surface area contributed by atoms with Gasteiger partial charge in [0.2, 0.25) is 5.92 Å². The number of pyridine rings is 1. The second kappa shape index (κ2) is 9.35. The Labute approximate surface area is 193 Å². The normalized spacial score (nSPS) is 27.1. The highest BCUT2D eigenvalue weighted by atomic mass is 19.3. The minimum absolute atomic E-state index is 0.100. The van der Waals surface area contributed by atoms with Crippen molar-refractivity contribution in [3.8, 4) is 0 Å². The van der Waals surface area contributed by atoms with Crippen molar-refractivity contribution in [3.63, 3.8) is 0 Å². The van der Waals surface area contributed by atoms with Crippen molar-refractivity contribution in [2.24, 2.45) is 5.92 Å². The molecule has 0 spiro atoms. The Morgan fingerprint density at radius 3 is 2.67 bits per heavy atom. The van der Waals surface area contributed by atoms with E-state index in [1.165, 1.54) is 0 Å². The first-order valence-corrected chi connectivity index (χ1v) is 11.6. The Balaban J connectivity index is 1.50. The summed E-state index contributed by atoms with van der Waals surface area (Å²) in [7, 11) is 2.04. The van der Waals surface area contributed by atoms with Gasteiger partial charge in [-0.05, 0) is 44.0 Å². The lowest BCUT2D eigenvalue weighted by Crippen LogP contribution is -2.55. The second-order valence-electron chi connectivity index (χ2n) is 9.52. The minimum Gasteiger partial charge on any atom is -0.384 e. The maximum atomic E-state index is 14.0. The Hall–Kier alpha value is -2.58. The van der Waals surface area contributed by atoms with Crippen molar-refractivity contribution in [1.82, 2.24) is 15.2 Å². The van der Waals surface area contributed by atoms with Crippen LogP contribution < -0.4 is 11.1 Å². The number of likely N-dealkylation sites (tertiary alicyclic amines) is 1. The molecule has 2 heterocycles. The molecule has 0 radical (unpaired) electrons. The molecule has 1 aromatic carbocycles. The summed E-state index contributed by atoms with van der Waals surface area (Å²) in [6, 6.07) is 14.0. The molecule has 178 valence electrons. The van der Waals surface area contributed by atoms with Gasteiger partial charge in [-0.15, -0.1) is 0 Å². The number of hydrogen-bond donors (Lipinski definition) is 3. The molecule has 0 unspecified atom stereocenters. The number of nitrogens with zero attached hydrogens (tertiary/aromatic N) is 2. The molecule has 4 rings (SSSR count). The third kappa shape index (κ3) is 5.17. The number of rotatable bonds is 6. The average molecular weight is 459 g/mol. The van der Waals surface area contributed by atoms with Crippen LogP contribution in [0.2, 0.25) is 0 Å². The number of aromatic nitrogens is 1. The molecule has 8 heteroatoms. The zero-order chi connectivity index (χ0) is 23.6. The maximum absolute atomic E-state index is 14.0. The van der Waals surface area contributed by atoms with E-state index in [1.807, 2.05) is 19.2 Å². The number of aliphatic hydroxyl groups is 1. The van der Waals surface area contributed by atoms with E-state index in [4.69, 9.17) is 5.73 Å². The van der Waals surface area contributed by atoms with Crippen LogP contribution in [0.1, 0.15) is 43.4 Å². The fraction of sp³-hybridized carbons (Fsp3) is 0.520. The number of nitrogens with one attached hydrogen (secondary N) is 1. The van der Waals surface area contributed by atoms with Crippen LogP contribution in [-0.4, -0.2) is 52.5 Å². The number of alkyl halides is 2. The lowest BCUT2D eigenvalue weighted by atomic mass is 9.78. The molecule has 2 fully saturated rings. The van der Waals surface area contributed by atoms with Crippen LogP contribution in [0.15, 0.2) is 48.5 Å². The van der Waals surface area contributed by atoms with Gasteiger partial charge < -0.3 is 21.1 Å². The monoisotopic (exact) mass is 458 g/mol. The summed E-state index contributed by atoms with van der Waals surface area (Å²) < 4.78 is 28.1. The van der Waals surface area contributed by atoms with Crippen LogP contribution in [0.5, 0.6) is 0 Å². The van der Waals surface area contributed by atoms with Crippen LogP contribution in [-0.2, 0) is 16.8 Å². The van der Waals surface area contributed by atoms with Crippen molar-refractivity contribution in [2.45, 2.75) is 62.1 Å². The minimum atomic E-state index is -2.86. The fourth-order valence-corrected chi connectivity index (χ4v) is 5.24. The first kappa shape index (κ1) is 23.6. The zero-order valence-corrected chi connectivity index (χ0v) is 18.9. The third-order valence-electron chi connectivity index (χ3n) is 7.17. The van der Waals surface area contributed by atoms with Gasteiger partial charge in [0.1, 0.15) is 5.82 Å². The molecule has 2 aromatic rings. The molecule has 0 bridgehead atoms. The van der Waals surface area contributed by atoms with Gasteiger partial charge in [-0.25, -0.2) is 13.8 Å². The van der Waals surface area contributed by atoms with Crippen LogP contribution >= 0.6 is 0 Å². The molecular weight excluding hydrogens is 426 g/mol. The van der Waals surface area contributed by atoms with E-state index in [9.17, 15) is 18.7 Å². The average Bonchev–Trinajstić information content (AvgIpc) is 3.16. The van der Waals surface area contributed by atoms with Gasteiger partial charge in [0.15, 0.2) is 5.60 Å². The number of likely N-dealkylation sites (N-methyl/N-ethyl adjacent to an activating group) is 1. The number of benzene rings is 1. The number of hydrogen-bond acceptors (Lipinski definition) is 5. The Kier molecular flexibility index (Phi) is 6.68. The van der Waals surface area contributed by atoms with Gasteiger partial charge in [-0.1, -0.05) is 36.4 Å². The predicted octanol–water partition coefficient (Wildman–Crippen LogP) is 3.11. The summed E-state index contributed by atoms with van der Waals surface area (Å²) in [4.78, 5) is 20.1. The molecule has 1 saturated heterocycles. The smallest absolute Gasteiger partial charge is 0.257 e. The van der Waals surface area contributed by atoms with E-state index in [2.05, 4.69) is 15.2 Å². The fourth-order valence-electron chi connectivity index (χ4n) is 5.24. The quantitative estimate of drug-likeness (QED) is 0.619. The van der Waals surface area contributed by atoms with Crippen molar-refractivity contribution < 1.29 is 18.7 Å². The zero-order valence-electron chi connectivity index (χ0n) is 18.9. The van der Waals surface area contributed by atoms with Gasteiger partial charge in [0.05, 0.1) is 0 Å². The molecule has 6 nitrogen and oxygen atoms in total. The van der Waals surface area contributed by atoms with E-state index in [-0.39, 0.29) is 24.9 Å². The van der Waals surface area contributed by atoms with E-state index < -0.39 is 29.8 Å². The van der Waals surface area contributed by atoms with Gasteiger partial charge in [0.25, 0.3) is 5.91 Å². The summed E-state index contributed by atoms with van der Waals surface area (Å²) in [6.07, 6.45) is 1.36. The van der Waals surface area contributed by atoms with E-state index in [1.54, 1.807) is 36.4 Å². The van der Waals surface area contributed by atoms with Crippen molar-refractivity contribution in [3.05, 3.63) is 59.8 Å². The number of amides is 1. The number of halogens is 2. The molecule has 1 aliphatic carbocycles. The first-order valence-electron chi connectivity index (χ1n) is 11.6. The lowest BCUT2D eigenvalue weighted by Gasteiger charge is -2.40. The van der Waals surface area contributed by atoms with Crippen LogP contribution in [0.4, 0.5) is 14.6 Å². The predicted molar refractivity (Wildman–Crippen MR) is 123 cm³/mol. The molecule has 1 aromatic heterocycles. The summed E-state index contributed by atoms with van der Waals surface area (Å²) in [5, 5.41) is 14.6. The second-order valence-corrected chi connectivity index (χ2v) is 9.52. The molecule has 4 N–H and O–H groups in total. The van der Waals surface area contributed by atoms with Crippen LogP contribution in [0, 0.1) is 5.92 Å². The van der Waals surface area contributed by atoms with Gasteiger partial charge >= 0.3 is 0 Å². The lowest BCUT2D eigenvalue weighted by molar-refractivity contribution is -0.150. The van der Waals surface area contributed by atoms with Crippen molar-refractivity contribution >= 4 is 11.7 Å². The number of carbonyl (C=O) groups is 1. The number of nitrogens with two attached hydrogens (primary N) is 1. The molecular formula is C25H32F2N4O2. The van der Waals surface area contributed by atoms with E-state index >= 15 is 0 Å². The highest BCUT2D eigenvalue weighted by Gasteiger charge is 2.53. The summed E-state index contributed by atoms with van der Waals surface area (Å²) in [5.74, 6) is -3.82. The van der Waals surface area contributed by atoms with Gasteiger partial charge in [0, 0.05) is 49.5 Å². The molecule has 1 amide bonds. The van der Waals surface area contributed by atoms with Crippen LogP contribution in [0.25, 0.3) is 0 Å². The number of nitrogen functional groups attached to an aromatic ring is 1. The molecule has 33 heavy (non-hydrogen) atoms. The third-order valence-corrected chi connectivity index (χ3v) is 7.17. The van der Waals surface area contributed by atoms with Crippen molar-refractivity contribution in [1.29, 1.82) is 0 Å². The standard InChI is InChI=1S/C25H32F2N4O2/c1-31-13-11-20(15-21(31)14-19-8-5-9-22(28)29-19)30-23(32)25(33,17-6-3-2-4-7-17)18-10-12-24(26,27)16-18/h2-9,18,20-21,33H,10-16H2,1H3,(H2,28,29)(H,30,32)/t18-,20-,21+,25+/m1/s1. The Morgan fingerprint density at radius 2 is 2.00 bits per heavy atom. The summed E-state index contributed by atoms with van der Waals surface area (Å²) >= 11 is 0.